The van der Waals surface area contributed by atoms with Crippen molar-refractivity contribution >= 4 is 11.9 Å². The second-order valence-corrected chi connectivity index (χ2v) is 12.4. The number of hydrogen-bond donors (Lipinski definition) is 1. The molecule has 1 N–H and O–H groups in total. The Morgan fingerprint density at radius 3 is 1.39 bits per heavy atom. The van der Waals surface area contributed by atoms with Crippen LogP contribution in [0.2, 0.25) is 0 Å². The molecule has 0 aromatic rings. The molecule has 0 aromatic heterocycles. The number of rotatable bonds is 33. The predicted molar refractivity (Wildman–Crippen MR) is 199 cm³/mol. The Morgan fingerprint density at radius 1 is 0.500 bits per heavy atom. The zero-order valence-corrected chi connectivity index (χ0v) is 29.9. The largest absolute Gasteiger partial charge is 0.481 e. The van der Waals surface area contributed by atoms with Crippen LogP contribution in [0.4, 0.5) is 0 Å². The summed E-state index contributed by atoms with van der Waals surface area (Å²) < 4.78 is 5.86. The first-order valence-electron chi connectivity index (χ1n) is 18.9. The molecule has 0 rings (SSSR count). The summed E-state index contributed by atoms with van der Waals surface area (Å²) in [7, 11) is 0. The van der Waals surface area contributed by atoms with Gasteiger partial charge in [-0.05, 0) is 89.9 Å². The Morgan fingerprint density at radius 2 is 0.913 bits per heavy atom. The maximum Gasteiger partial charge on any atom is 0.306 e. The van der Waals surface area contributed by atoms with Crippen LogP contribution in [0.1, 0.15) is 174 Å². The number of esters is 1. The van der Waals surface area contributed by atoms with Crippen molar-refractivity contribution in [1.82, 2.24) is 0 Å². The summed E-state index contributed by atoms with van der Waals surface area (Å²) in [6.45, 7) is 4.41. The van der Waals surface area contributed by atoms with Crippen LogP contribution in [0, 0.1) is 0 Å². The first-order chi connectivity index (χ1) is 22.6. The molecular formula is C42H70O4. The van der Waals surface area contributed by atoms with E-state index in [4.69, 9.17) is 9.84 Å². The lowest BCUT2D eigenvalue weighted by Crippen LogP contribution is -2.18. The molecule has 4 heteroatoms. The molecule has 0 bridgehead atoms. The Labute approximate surface area is 284 Å². The number of unbranched alkanes of at least 4 members (excludes halogenated alkanes) is 12. The van der Waals surface area contributed by atoms with Crippen molar-refractivity contribution in [2.24, 2.45) is 0 Å². The molecule has 0 fully saturated rings. The second-order valence-electron chi connectivity index (χ2n) is 12.4. The minimum absolute atomic E-state index is 0.0706. The van der Waals surface area contributed by atoms with Crippen LogP contribution in [0.15, 0.2) is 72.9 Å². The van der Waals surface area contributed by atoms with E-state index in [1.807, 2.05) is 0 Å². The number of ether oxygens (including phenoxy) is 1. The van der Waals surface area contributed by atoms with Crippen molar-refractivity contribution < 1.29 is 19.4 Å². The predicted octanol–water partition coefficient (Wildman–Crippen LogP) is 13.1. The van der Waals surface area contributed by atoms with E-state index in [-0.39, 0.29) is 18.5 Å². The van der Waals surface area contributed by atoms with Crippen molar-refractivity contribution in [3.63, 3.8) is 0 Å². The lowest BCUT2D eigenvalue weighted by molar-refractivity contribution is -0.150. The molecule has 0 amide bonds. The Balaban J connectivity index is 4.00. The van der Waals surface area contributed by atoms with Gasteiger partial charge in [0.2, 0.25) is 0 Å². The summed E-state index contributed by atoms with van der Waals surface area (Å²) in [5, 5.41) is 8.92. The van der Waals surface area contributed by atoms with Gasteiger partial charge in [0.1, 0.15) is 6.10 Å². The van der Waals surface area contributed by atoms with E-state index in [1.54, 1.807) is 0 Å². The SMILES string of the molecule is CC/C=C\C/C=C\C/C=C\C/C=C\C/C=C\C/C=C\CCCCC(=O)OC(CCCCCCCCCCCC)CCCCC(=O)O. The third-order valence-corrected chi connectivity index (χ3v) is 7.94. The highest BCUT2D eigenvalue weighted by atomic mass is 16.5. The van der Waals surface area contributed by atoms with Gasteiger partial charge < -0.3 is 9.84 Å². The van der Waals surface area contributed by atoms with Gasteiger partial charge in [0, 0.05) is 12.8 Å². The van der Waals surface area contributed by atoms with Gasteiger partial charge >= 0.3 is 11.9 Å². The third kappa shape index (κ3) is 35.9. The van der Waals surface area contributed by atoms with E-state index in [1.165, 1.54) is 57.8 Å². The van der Waals surface area contributed by atoms with Gasteiger partial charge in [-0.1, -0.05) is 145 Å². The van der Waals surface area contributed by atoms with E-state index < -0.39 is 5.97 Å². The number of carbonyl (C=O) groups is 2. The molecule has 46 heavy (non-hydrogen) atoms. The smallest absolute Gasteiger partial charge is 0.306 e. The lowest BCUT2D eigenvalue weighted by Gasteiger charge is -2.18. The zero-order valence-electron chi connectivity index (χ0n) is 29.9. The second kappa shape index (κ2) is 36.8. The number of carboxylic acid groups (broad SMARTS) is 1. The standard InChI is InChI=1S/C42H70O4/c1-3-5-7-9-11-13-15-16-17-18-19-20-21-22-23-24-25-27-29-31-33-39-42(45)46-40(37-34-35-38-41(43)44)36-32-30-28-26-14-12-10-8-6-4-2/h5,7,11,13,16-17,19-20,22-23,25,27,40H,3-4,6,8-10,12,14-15,18,21,24,26,28-39H2,1-2H3,(H,43,44)/b7-5-,13-11-,17-16-,20-19-,23-22-,27-25-. The van der Waals surface area contributed by atoms with Crippen molar-refractivity contribution in [2.45, 2.75) is 180 Å². The van der Waals surface area contributed by atoms with Crippen LogP contribution in [0.3, 0.4) is 0 Å². The maximum absolute atomic E-state index is 12.5. The molecule has 0 spiro atoms. The van der Waals surface area contributed by atoms with Gasteiger partial charge in [0.15, 0.2) is 0 Å². The molecule has 0 aliphatic heterocycles. The van der Waals surface area contributed by atoms with Crippen LogP contribution in [-0.4, -0.2) is 23.1 Å². The molecule has 0 saturated heterocycles. The van der Waals surface area contributed by atoms with Gasteiger partial charge in [0.25, 0.3) is 0 Å². The van der Waals surface area contributed by atoms with Crippen LogP contribution in [0.5, 0.6) is 0 Å². The first kappa shape index (κ1) is 43.4. The molecule has 0 aromatic carbocycles. The molecule has 0 heterocycles. The molecule has 1 unspecified atom stereocenters. The fraction of sp³-hybridized carbons (Fsp3) is 0.667. The molecule has 0 saturated carbocycles. The van der Waals surface area contributed by atoms with E-state index in [0.29, 0.717) is 12.8 Å². The Bertz CT molecular complexity index is 861. The van der Waals surface area contributed by atoms with Crippen molar-refractivity contribution in [3.8, 4) is 0 Å². The van der Waals surface area contributed by atoms with Gasteiger partial charge in [-0.25, -0.2) is 0 Å². The van der Waals surface area contributed by atoms with E-state index in [2.05, 4.69) is 86.8 Å². The van der Waals surface area contributed by atoms with Gasteiger partial charge in [-0.2, -0.15) is 0 Å². The molecule has 4 nitrogen and oxygen atoms in total. The summed E-state index contributed by atoms with van der Waals surface area (Å²) in [6.07, 6.45) is 52.0. The summed E-state index contributed by atoms with van der Waals surface area (Å²) in [6, 6.07) is 0. The van der Waals surface area contributed by atoms with Crippen LogP contribution >= 0.6 is 0 Å². The molecule has 0 radical (unpaired) electrons. The topological polar surface area (TPSA) is 63.6 Å². The third-order valence-electron chi connectivity index (χ3n) is 7.94. The van der Waals surface area contributed by atoms with Crippen LogP contribution < -0.4 is 0 Å². The summed E-state index contributed by atoms with van der Waals surface area (Å²) in [4.78, 5) is 23.4. The number of hydrogen-bond acceptors (Lipinski definition) is 3. The number of aliphatic carboxylic acids is 1. The van der Waals surface area contributed by atoms with Crippen molar-refractivity contribution in [3.05, 3.63) is 72.9 Å². The van der Waals surface area contributed by atoms with Gasteiger partial charge in [-0.15, -0.1) is 0 Å². The van der Waals surface area contributed by atoms with E-state index in [0.717, 1.165) is 83.5 Å². The van der Waals surface area contributed by atoms with E-state index in [9.17, 15) is 9.59 Å². The molecule has 0 aliphatic rings. The first-order valence-corrected chi connectivity index (χ1v) is 18.9. The quantitative estimate of drug-likeness (QED) is 0.0441. The lowest BCUT2D eigenvalue weighted by atomic mass is 10.0. The number of carboxylic acids is 1. The van der Waals surface area contributed by atoms with Gasteiger partial charge in [0.05, 0.1) is 0 Å². The summed E-state index contributed by atoms with van der Waals surface area (Å²) in [5.41, 5.74) is 0. The van der Waals surface area contributed by atoms with Crippen LogP contribution in [-0.2, 0) is 14.3 Å². The van der Waals surface area contributed by atoms with Gasteiger partial charge in [-0.3, -0.25) is 9.59 Å². The summed E-state index contributed by atoms with van der Waals surface area (Å²) >= 11 is 0. The fourth-order valence-corrected chi connectivity index (χ4v) is 5.19. The Hall–Kier alpha value is -2.62. The number of carbonyl (C=O) groups excluding carboxylic acids is 1. The van der Waals surface area contributed by atoms with Crippen molar-refractivity contribution in [1.29, 1.82) is 0 Å². The monoisotopic (exact) mass is 639 g/mol. The maximum atomic E-state index is 12.5. The zero-order chi connectivity index (χ0) is 33.6. The Kier molecular flexibility index (Phi) is 34.7. The number of allylic oxidation sites excluding steroid dienone is 12. The molecular weight excluding hydrogens is 568 g/mol. The molecule has 262 valence electrons. The minimum atomic E-state index is -0.754. The fourth-order valence-electron chi connectivity index (χ4n) is 5.19. The van der Waals surface area contributed by atoms with Crippen molar-refractivity contribution in [2.75, 3.05) is 0 Å². The normalized spacial score (nSPS) is 13.1. The highest BCUT2D eigenvalue weighted by Crippen LogP contribution is 2.18. The highest BCUT2D eigenvalue weighted by molar-refractivity contribution is 5.69. The highest BCUT2D eigenvalue weighted by Gasteiger charge is 2.14. The van der Waals surface area contributed by atoms with E-state index >= 15 is 0 Å². The minimum Gasteiger partial charge on any atom is -0.481 e. The average Bonchev–Trinajstić information content (AvgIpc) is 3.04. The molecule has 1 atom stereocenters. The summed E-state index contributed by atoms with van der Waals surface area (Å²) in [5.74, 6) is -0.853. The average molecular weight is 639 g/mol. The van der Waals surface area contributed by atoms with Crippen LogP contribution in [0.25, 0.3) is 0 Å². The molecule has 0 aliphatic carbocycles.